The first kappa shape index (κ1) is 15.5. The molecule has 0 saturated carbocycles. The minimum Gasteiger partial charge on any atom is -0.504 e. The van der Waals surface area contributed by atoms with Gasteiger partial charge >= 0.3 is 5.97 Å². The molecule has 0 spiro atoms. The van der Waals surface area contributed by atoms with Gasteiger partial charge in [0.25, 0.3) is 0 Å². The Morgan fingerprint density at radius 2 is 1.82 bits per heavy atom. The third-order valence-electron chi connectivity index (χ3n) is 2.94. The predicted molar refractivity (Wildman–Crippen MR) is 75.7 cm³/mol. The van der Waals surface area contributed by atoms with Gasteiger partial charge in [-0.1, -0.05) is 6.07 Å². The van der Waals surface area contributed by atoms with E-state index in [1.165, 1.54) is 37.4 Å². The lowest BCUT2D eigenvalue weighted by atomic mass is 10.1. The van der Waals surface area contributed by atoms with Gasteiger partial charge < -0.3 is 14.6 Å². The van der Waals surface area contributed by atoms with Crippen LogP contribution in [0.2, 0.25) is 0 Å². The van der Waals surface area contributed by atoms with E-state index in [-0.39, 0.29) is 22.6 Å². The number of carbonyl (C=O) groups is 2. The van der Waals surface area contributed by atoms with Crippen molar-refractivity contribution < 1.29 is 28.6 Å². The number of Topliss-reactive ketones (excluding diaryl/α,β-unsaturated/α-hetero) is 1. The normalized spacial score (nSPS) is 10.1. The molecule has 0 radical (unpaired) electrons. The summed E-state index contributed by atoms with van der Waals surface area (Å²) < 4.78 is 22.5. The van der Waals surface area contributed by atoms with E-state index in [1.807, 2.05) is 0 Å². The van der Waals surface area contributed by atoms with Crippen LogP contribution in [-0.2, 0) is 4.74 Å². The Hall–Kier alpha value is -2.89. The Labute approximate surface area is 125 Å². The number of esters is 1. The second-order valence-corrected chi connectivity index (χ2v) is 4.36. The summed E-state index contributed by atoms with van der Waals surface area (Å²) in [7, 11) is 1.35. The van der Waals surface area contributed by atoms with Gasteiger partial charge in [-0.3, -0.25) is 4.79 Å². The van der Waals surface area contributed by atoms with Crippen LogP contribution < -0.4 is 4.74 Å². The van der Waals surface area contributed by atoms with Crippen molar-refractivity contribution in [3.8, 4) is 11.5 Å². The molecule has 0 bridgehead atoms. The highest BCUT2D eigenvalue weighted by atomic mass is 19.1. The smallest absolute Gasteiger partial charge is 0.342 e. The second kappa shape index (κ2) is 6.71. The molecule has 0 atom stereocenters. The molecule has 114 valence electrons. The highest BCUT2D eigenvalue weighted by Crippen LogP contribution is 2.29. The summed E-state index contributed by atoms with van der Waals surface area (Å²) in [6.45, 7) is -0.513. The van der Waals surface area contributed by atoms with Crippen LogP contribution in [-0.4, -0.2) is 30.6 Å². The number of phenolic OH excluding ortho intramolecular Hbond substituents is 1. The number of hydrogen-bond donors (Lipinski definition) is 1. The van der Waals surface area contributed by atoms with Crippen molar-refractivity contribution in [1.29, 1.82) is 0 Å². The van der Waals surface area contributed by atoms with Gasteiger partial charge in [0, 0.05) is 5.56 Å². The number of ether oxygens (including phenoxy) is 2. The van der Waals surface area contributed by atoms with Gasteiger partial charge in [0.15, 0.2) is 23.9 Å². The quantitative estimate of drug-likeness (QED) is 0.679. The van der Waals surface area contributed by atoms with Crippen molar-refractivity contribution in [2.75, 3.05) is 13.7 Å². The van der Waals surface area contributed by atoms with Gasteiger partial charge in [-0.05, 0) is 36.4 Å². The first-order valence-electron chi connectivity index (χ1n) is 6.34. The molecule has 0 saturated heterocycles. The fourth-order valence-electron chi connectivity index (χ4n) is 1.78. The van der Waals surface area contributed by atoms with Crippen molar-refractivity contribution in [1.82, 2.24) is 0 Å². The maximum absolute atomic E-state index is 12.8. The van der Waals surface area contributed by atoms with Crippen LogP contribution in [0.4, 0.5) is 4.39 Å². The number of benzene rings is 2. The fraction of sp³-hybridized carbons (Fsp3) is 0.125. The van der Waals surface area contributed by atoms with E-state index >= 15 is 0 Å². The number of phenols is 1. The van der Waals surface area contributed by atoms with Gasteiger partial charge in [0.05, 0.1) is 7.11 Å². The van der Waals surface area contributed by atoms with Crippen LogP contribution in [0.5, 0.6) is 11.5 Å². The minimum atomic E-state index is -0.855. The van der Waals surface area contributed by atoms with E-state index < -0.39 is 24.2 Å². The topological polar surface area (TPSA) is 72.8 Å². The molecule has 0 amide bonds. The van der Waals surface area contributed by atoms with Crippen LogP contribution in [0.25, 0.3) is 0 Å². The molecule has 22 heavy (non-hydrogen) atoms. The monoisotopic (exact) mass is 304 g/mol. The SMILES string of the molecule is COc1cccc(C(=O)OCC(=O)c2ccc(F)cc2)c1O. The summed E-state index contributed by atoms with van der Waals surface area (Å²) in [4.78, 5) is 23.7. The molecule has 0 aliphatic heterocycles. The van der Waals surface area contributed by atoms with Crippen molar-refractivity contribution in [3.63, 3.8) is 0 Å². The molecule has 2 aromatic carbocycles. The largest absolute Gasteiger partial charge is 0.504 e. The third-order valence-corrected chi connectivity index (χ3v) is 2.94. The molecule has 0 fully saturated rings. The number of halogens is 1. The zero-order chi connectivity index (χ0) is 16.1. The summed E-state index contributed by atoms with van der Waals surface area (Å²) in [5, 5.41) is 9.82. The standard InChI is InChI=1S/C16H13FO5/c1-21-14-4-2-3-12(15(14)19)16(20)22-9-13(18)10-5-7-11(17)8-6-10/h2-8,19H,9H2,1H3. The first-order chi connectivity index (χ1) is 10.5. The van der Waals surface area contributed by atoms with Gasteiger partial charge in [0.1, 0.15) is 11.4 Å². The van der Waals surface area contributed by atoms with Crippen LogP contribution >= 0.6 is 0 Å². The van der Waals surface area contributed by atoms with Crippen LogP contribution in [0.15, 0.2) is 42.5 Å². The maximum atomic E-state index is 12.8. The average molecular weight is 304 g/mol. The van der Waals surface area contributed by atoms with E-state index in [1.54, 1.807) is 0 Å². The summed E-state index contributed by atoms with van der Waals surface area (Å²) >= 11 is 0. The predicted octanol–water partition coefficient (Wildman–Crippen LogP) is 2.58. The lowest BCUT2D eigenvalue weighted by molar-refractivity contribution is 0.0471. The van der Waals surface area contributed by atoms with Crippen LogP contribution in [0, 0.1) is 5.82 Å². The van der Waals surface area contributed by atoms with E-state index in [4.69, 9.17) is 9.47 Å². The van der Waals surface area contributed by atoms with Gasteiger partial charge in [-0.25, -0.2) is 9.18 Å². The number of hydrogen-bond acceptors (Lipinski definition) is 5. The zero-order valence-electron chi connectivity index (χ0n) is 11.7. The number of methoxy groups -OCH3 is 1. The molecule has 1 N–H and O–H groups in total. The Kier molecular flexibility index (Phi) is 4.73. The number of rotatable bonds is 5. The molecule has 0 aliphatic rings. The average Bonchev–Trinajstić information content (AvgIpc) is 2.53. The van der Waals surface area contributed by atoms with E-state index in [0.717, 1.165) is 12.1 Å². The van der Waals surface area contributed by atoms with Crippen LogP contribution in [0.1, 0.15) is 20.7 Å². The van der Waals surface area contributed by atoms with Crippen LogP contribution in [0.3, 0.4) is 0 Å². The first-order valence-corrected chi connectivity index (χ1v) is 6.34. The zero-order valence-corrected chi connectivity index (χ0v) is 11.7. The molecule has 0 heterocycles. The molecule has 0 unspecified atom stereocenters. The molecule has 2 rings (SSSR count). The molecule has 0 aliphatic carbocycles. The Morgan fingerprint density at radius 1 is 1.14 bits per heavy atom. The Morgan fingerprint density at radius 3 is 2.45 bits per heavy atom. The summed E-state index contributed by atoms with van der Waals surface area (Å²) in [6.07, 6.45) is 0. The van der Waals surface area contributed by atoms with Crippen molar-refractivity contribution in [2.24, 2.45) is 0 Å². The highest BCUT2D eigenvalue weighted by molar-refractivity contribution is 6.00. The molecule has 6 heteroatoms. The van der Waals surface area contributed by atoms with Gasteiger partial charge in [-0.2, -0.15) is 0 Å². The van der Waals surface area contributed by atoms with Gasteiger partial charge in [-0.15, -0.1) is 0 Å². The van der Waals surface area contributed by atoms with E-state index in [0.29, 0.717) is 0 Å². The Balaban J connectivity index is 2.04. The lowest BCUT2D eigenvalue weighted by Crippen LogP contribution is -2.14. The summed E-state index contributed by atoms with van der Waals surface area (Å²) in [5.41, 5.74) is 0.121. The molecular weight excluding hydrogens is 291 g/mol. The molecular formula is C16H13FO5. The second-order valence-electron chi connectivity index (χ2n) is 4.36. The molecule has 0 aromatic heterocycles. The van der Waals surface area contributed by atoms with Crippen molar-refractivity contribution in [3.05, 3.63) is 59.4 Å². The maximum Gasteiger partial charge on any atom is 0.342 e. The minimum absolute atomic E-state index is 0.105. The lowest BCUT2D eigenvalue weighted by Gasteiger charge is -2.08. The highest BCUT2D eigenvalue weighted by Gasteiger charge is 2.17. The van der Waals surface area contributed by atoms with E-state index in [9.17, 15) is 19.1 Å². The summed E-state index contributed by atoms with van der Waals surface area (Å²) in [6, 6.07) is 9.23. The number of aromatic hydroxyl groups is 1. The number of ketones is 1. The van der Waals surface area contributed by atoms with E-state index in [2.05, 4.69) is 0 Å². The van der Waals surface area contributed by atoms with Crippen molar-refractivity contribution in [2.45, 2.75) is 0 Å². The molecule has 5 nitrogen and oxygen atoms in total. The third kappa shape index (κ3) is 3.41. The Bertz CT molecular complexity index is 694. The van der Waals surface area contributed by atoms with Gasteiger partial charge in [0.2, 0.25) is 0 Å². The number of para-hydroxylation sites is 1. The molecule has 2 aromatic rings. The van der Waals surface area contributed by atoms with Crippen molar-refractivity contribution >= 4 is 11.8 Å². The fourth-order valence-corrected chi connectivity index (χ4v) is 1.78. The summed E-state index contributed by atoms with van der Waals surface area (Å²) in [5.74, 6) is -2.03. The number of carbonyl (C=O) groups excluding carboxylic acids is 2.